The average Bonchev–Trinajstić information content (AvgIpc) is 3.37. The Hall–Kier alpha value is -1.59. The molecule has 138 valence electrons. The molecule has 3 N–H and O–H groups in total. The van der Waals surface area contributed by atoms with Crippen LogP contribution in [0, 0.1) is 5.92 Å². The second kappa shape index (κ2) is 8.19. The SMILES string of the molecule is CCNC(=NCC(C)(O)c1ccccc1)NCC1CCN(C2CC2)C1. The molecule has 1 aromatic rings. The zero-order chi connectivity index (χ0) is 17.7. The molecule has 1 heterocycles. The minimum Gasteiger partial charge on any atom is -0.384 e. The molecule has 0 amide bonds. The first-order valence-electron chi connectivity index (χ1n) is 9.62. The lowest BCUT2D eigenvalue weighted by Gasteiger charge is -2.23. The van der Waals surface area contributed by atoms with E-state index in [0.29, 0.717) is 12.5 Å². The van der Waals surface area contributed by atoms with E-state index in [2.05, 4.69) is 27.4 Å². The quantitative estimate of drug-likeness (QED) is 0.523. The Morgan fingerprint density at radius 2 is 2.00 bits per heavy atom. The van der Waals surface area contributed by atoms with Crippen LogP contribution in [0.15, 0.2) is 35.3 Å². The second-order valence-corrected chi connectivity index (χ2v) is 7.60. The second-order valence-electron chi connectivity index (χ2n) is 7.60. The molecule has 0 bridgehead atoms. The Labute approximate surface area is 151 Å². The van der Waals surface area contributed by atoms with Crippen LogP contribution in [0.2, 0.25) is 0 Å². The highest BCUT2D eigenvalue weighted by atomic mass is 16.3. The van der Waals surface area contributed by atoms with Crippen LogP contribution >= 0.6 is 0 Å². The number of rotatable bonds is 7. The summed E-state index contributed by atoms with van der Waals surface area (Å²) in [6.07, 6.45) is 4.04. The van der Waals surface area contributed by atoms with Crippen molar-refractivity contribution >= 4 is 5.96 Å². The lowest BCUT2D eigenvalue weighted by atomic mass is 9.96. The van der Waals surface area contributed by atoms with E-state index >= 15 is 0 Å². The van der Waals surface area contributed by atoms with Crippen molar-refractivity contribution in [2.75, 3.05) is 32.7 Å². The lowest BCUT2D eigenvalue weighted by molar-refractivity contribution is 0.0672. The van der Waals surface area contributed by atoms with Crippen molar-refractivity contribution in [3.8, 4) is 0 Å². The van der Waals surface area contributed by atoms with E-state index in [0.717, 1.165) is 30.7 Å². The van der Waals surface area contributed by atoms with Gasteiger partial charge in [-0.05, 0) is 51.1 Å². The maximum Gasteiger partial charge on any atom is 0.191 e. The summed E-state index contributed by atoms with van der Waals surface area (Å²) < 4.78 is 0. The summed E-state index contributed by atoms with van der Waals surface area (Å²) in [7, 11) is 0. The first-order valence-corrected chi connectivity index (χ1v) is 9.62. The van der Waals surface area contributed by atoms with Crippen molar-refractivity contribution in [2.24, 2.45) is 10.9 Å². The standard InChI is InChI=1S/C20H32N4O/c1-3-21-19(22-13-16-11-12-24(14-16)18-9-10-18)23-15-20(2,25)17-7-5-4-6-8-17/h4-8,16,18,25H,3,9-15H2,1-2H3,(H2,21,22,23). The van der Waals surface area contributed by atoms with Crippen LogP contribution < -0.4 is 10.6 Å². The van der Waals surface area contributed by atoms with Gasteiger partial charge in [0.1, 0.15) is 5.60 Å². The molecule has 3 rings (SSSR count). The molecule has 2 aliphatic rings. The van der Waals surface area contributed by atoms with E-state index in [9.17, 15) is 5.11 Å². The summed E-state index contributed by atoms with van der Waals surface area (Å²) in [4.78, 5) is 7.26. The van der Waals surface area contributed by atoms with Crippen molar-refractivity contribution < 1.29 is 5.11 Å². The highest BCUT2D eigenvalue weighted by molar-refractivity contribution is 5.79. The molecule has 1 saturated heterocycles. The number of aliphatic imine (C=N–C) groups is 1. The van der Waals surface area contributed by atoms with Gasteiger partial charge in [-0.15, -0.1) is 0 Å². The molecule has 1 aliphatic heterocycles. The third-order valence-electron chi connectivity index (χ3n) is 5.22. The maximum absolute atomic E-state index is 10.7. The van der Waals surface area contributed by atoms with Crippen molar-refractivity contribution in [3.63, 3.8) is 0 Å². The number of likely N-dealkylation sites (tertiary alicyclic amines) is 1. The monoisotopic (exact) mass is 344 g/mol. The molecule has 5 nitrogen and oxygen atoms in total. The normalized spacial score (nSPS) is 24.1. The summed E-state index contributed by atoms with van der Waals surface area (Å²) in [5, 5.41) is 17.5. The Morgan fingerprint density at radius 3 is 2.68 bits per heavy atom. The number of nitrogens with one attached hydrogen (secondary N) is 2. The minimum absolute atomic E-state index is 0.339. The van der Waals surface area contributed by atoms with Gasteiger partial charge in [0.05, 0.1) is 6.54 Å². The van der Waals surface area contributed by atoms with Crippen LogP contribution in [0.25, 0.3) is 0 Å². The zero-order valence-corrected chi connectivity index (χ0v) is 15.5. The molecule has 25 heavy (non-hydrogen) atoms. The summed E-state index contributed by atoms with van der Waals surface area (Å²) in [6.45, 7) is 8.44. The van der Waals surface area contributed by atoms with E-state index < -0.39 is 5.60 Å². The fourth-order valence-electron chi connectivity index (χ4n) is 3.50. The molecule has 5 heteroatoms. The van der Waals surface area contributed by atoms with Crippen LogP contribution in [0.1, 0.15) is 38.7 Å². The zero-order valence-electron chi connectivity index (χ0n) is 15.5. The molecule has 0 aromatic heterocycles. The van der Waals surface area contributed by atoms with Crippen molar-refractivity contribution in [2.45, 2.75) is 44.8 Å². The predicted octanol–water partition coefficient (Wildman–Crippen LogP) is 1.93. The summed E-state index contributed by atoms with van der Waals surface area (Å²) in [5.41, 5.74) is -0.0646. The van der Waals surface area contributed by atoms with Gasteiger partial charge >= 0.3 is 0 Å². The van der Waals surface area contributed by atoms with E-state index in [1.807, 2.05) is 37.3 Å². The maximum atomic E-state index is 10.7. The predicted molar refractivity (Wildman–Crippen MR) is 103 cm³/mol. The van der Waals surface area contributed by atoms with Gasteiger partial charge in [0.25, 0.3) is 0 Å². The number of guanidine groups is 1. The van der Waals surface area contributed by atoms with Crippen LogP contribution in [0.4, 0.5) is 0 Å². The lowest BCUT2D eigenvalue weighted by Crippen LogP contribution is -2.41. The largest absolute Gasteiger partial charge is 0.384 e. The molecule has 0 radical (unpaired) electrons. The summed E-state index contributed by atoms with van der Waals surface area (Å²) in [6, 6.07) is 10.6. The first-order chi connectivity index (χ1) is 12.1. The fraction of sp³-hybridized carbons (Fsp3) is 0.650. The molecule has 2 unspecified atom stereocenters. The van der Waals surface area contributed by atoms with E-state index in [1.165, 1.54) is 32.4 Å². The molecule has 1 saturated carbocycles. The number of nitrogens with zero attached hydrogens (tertiary/aromatic N) is 2. The van der Waals surface area contributed by atoms with Gasteiger partial charge in [-0.2, -0.15) is 0 Å². The summed E-state index contributed by atoms with van der Waals surface area (Å²) in [5.74, 6) is 1.49. The molecule has 1 aliphatic carbocycles. The van der Waals surface area contributed by atoms with Crippen molar-refractivity contribution in [1.29, 1.82) is 0 Å². The highest BCUT2D eigenvalue weighted by Gasteiger charge is 2.34. The molecule has 2 atom stereocenters. The first kappa shape index (κ1) is 18.2. The van der Waals surface area contributed by atoms with Gasteiger partial charge in [-0.25, -0.2) is 4.99 Å². The number of hydrogen-bond acceptors (Lipinski definition) is 3. The van der Waals surface area contributed by atoms with Gasteiger partial charge in [-0.1, -0.05) is 30.3 Å². The molecular weight excluding hydrogens is 312 g/mol. The average molecular weight is 345 g/mol. The molecule has 1 aromatic carbocycles. The Kier molecular flexibility index (Phi) is 5.97. The number of benzene rings is 1. The Balaban J connectivity index is 1.52. The molecular formula is C20H32N4O. The van der Waals surface area contributed by atoms with Crippen LogP contribution in [0.5, 0.6) is 0 Å². The van der Waals surface area contributed by atoms with Gasteiger partial charge in [0.2, 0.25) is 0 Å². The van der Waals surface area contributed by atoms with Gasteiger partial charge in [0, 0.05) is 25.7 Å². The minimum atomic E-state index is -0.959. The Morgan fingerprint density at radius 1 is 1.24 bits per heavy atom. The van der Waals surface area contributed by atoms with E-state index in [4.69, 9.17) is 0 Å². The van der Waals surface area contributed by atoms with E-state index in [-0.39, 0.29) is 0 Å². The van der Waals surface area contributed by atoms with Gasteiger partial charge < -0.3 is 20.6 Å². The molecule has 2 fully saturated rings. The van der Waals surface area contributed by atoms with Crippen LogP contribution in [-0.4, -0.2) is 54.7 Å². The van der Waals surface area contributed by atoms with Crippen molar-refractivity contribution in [1.82, 2.24) is 15.5 Å². The highest BCUT2D eigenvalue weighted by Crippen LogP contribution is 2.31. The van der Waals surface area contributed by atoms with Gasteiger partial charge in [0.15, 0.2) is 5.96 Å². The van der Waals surface area contributed by atoms with E-state index in [1.54, 1.807) is 0 Å². The smallest absolute Gasteiger partial charge is 0.191 e. The third kappa shape index (κ3) is 5.19. The summed E-state index contributed by atoms with van der Waals surface area (Å²) >= 11 is 0. The number of hydrogen-bond donors (Lipinski definition) is 3. The Bertz CT molecular complexity index is 568. The topological polar surface area (TPSA) is 59.9 Å². The van der Waals surface area contributed by atoms with Crippen LogP contribution in [0.3, 0.4) is 0 Å². The fourth-order valence-corrected chi connectivity index (χ4v) is 3.50. The third-order valence-corrected chi connectivity index (χ3v) is 5.22. The van der Waals surface area contributed by atoms with Crippen LogP contribution in [-0.2, 0) is 5.60 Å². The molecule has 0 spiro atoms. The van der Waals surface area contributed by atoms with Gasteiger partial charge in [-0.3, -0.25) is 0 Å². The number of aliphatic hydroxyl groups is 1. The van der Waals surface area contributed by atoms with Crippen molar-refractivity contribution in [3.05, 3.63) is 35.9 Å².